The molecule has 19 heavy (non-hydrogen) atoms. The van der Waals surface area contributed by atoms with Crippen LogP contribution in [0.2, 0.25) is 5.02 Å². The molecule has 1 aromatic carbocycles. The fourth-order valence-corrected chi connectivity index (χ4v) is 2.72. The summed E-state index contributed by atoms with van der Waals surface area (Å²) in [5.74, 6) is -0.109. The van der Waals surface area contributed by atoms with Gasteiger partial charge >= 0.3 is 0 Å². The lowest BCUT2D eigenvalue weighted by Gasteiger charge is -2.30. The first kappa shape index (κ1) is 16.8. The number of carbonyl (C=O) groups excluding carboxylic acids is 1. The summed E-state index contributed by atoms with van der Waals surface area (Å²) in [5.41, 5.74) is 0.517. The molecule has 0 aromatic heterocycles. The molecule has 2 atom stereocenters. The molecule has 1 aliphatic rings. The van der Waals surface area contributed by atoms with Crippen molar-refractivity contribution in [2.75, 3.05) is 6.54 Å². The van der Waals surface area contributed by atoms with Gasteiger partial charge in [0.15, 0.2) is 0 Å². The fourth-order valence-electron chi connectivity index (χ4n) is 2.16. The van der Waals surface area contributed by atoms with E-state index in [1.807, 2.05) is 6.07 Å². The maximum atomic E-state index is 12.2. The molecule has 1 heterocycles. The Morgan fingerprint density at radius 1 is 1.53 bits per heavy atom. The van der Waals surface area contributed by atoms with E-state index in [9.17, 15) is 4.79 Å². The zero-order valence-corrected chi connectivity index (χ0v) is 13.7. The van der Waals surface area contributed by atoms with Crippen molar-refractivity contribution in [3.8, 4) is 0 Å². The Morgan fingerprint density at radius 3 is 2.95 bits per heavy atom. The lowest BCUT2D eigenvalue weighted by atomic mass is 9.99. The predicted octanol–water partition coefficient (Wildman–Crippen LogP) is 3.39. The number of halogens is 3. The molecule has 2 rings (SSSR count). The molecule has 0 spiro atoms. The van der Waals surface area contributed by atoms with Crippen molar-refractivity contribution in [3.63, 3.8) is 0 Å². The lowest BCUT2D eigenvalue weighted by molar-refractivity contribution is 0.0920. The molecular formula is C13H17BrCl2N2O. The highest BCUT2D eigenvalue weighted by atomic mass is 79.9. The second-order valence-corrected chi connectivity index (χ2v) is 5.91. The topological polar surface area (TPSA) is 41.1 Å². The van der Waals surface area contributed by atoms with Gasteiger partial charge in [-0.1, -0.05) is 27.5 Å². The first-order valence-corrected chi connectivity index (χ1v) is 7.24. The van der Waals surface area contributed by atoms with Crippen molar-refractivity contribution < 1.29 is 4.79 Å². The summed E-state index contributed by atoms with van der Waals surface area (Å²) in [7, 11) is 0. The molecule has 2 N–H and O–H groups in total. The van der Waals surface area contributed by atoms with Gasteiger partial charge in [0.05, 0.1) is 10.6 Å². The molecule has 0 aliphatic carbocycles. The van der Waals surface area contributed by atoms with E-state index in [0.29, 0.717) is 16.6 Å². The van der Waals surface area contributed by atoms with Gasteiger partial charge in [-0.15, -0.1) is 12.4 Å². The molecule has 0 bridgehead atoms. The Kier molecular flexibility index (Phi) is 6.60. The average Bonchev–Trinajstić information content (AvgIpc) is 2.35. The minimum absolute atomic E-state index is 0. The molecule has 1 saturated heterocycles. The van der Waals surface area contributed by atoms with E-state index in [-0.39, 0.29) is 24.4 Å². The van der Waals surface area contributed by atoms with Gasteiger partial charge in [0.1, 0.15) is 0 Å². The summed E-state index contributed by atoms with van der Waals surface area (Å²) in [6.45, 7) is 3.11. The van der Waals surface area contributed by atoms with Crippen LogP contribution in [0.5, 0.6) is 0 Å². The van der Waals surface area contributed by atoms with Gasteiger partial charge in [-0.25, -0.2) is 0 Å². The number of hydrogen-bond acceptors (Lipinski definition) is 2. The third-order valence-corrected chi connectivity index (χ3v) is 4.07. The first-order valence-electron chi connectivity index (χ1n) is 6.07. The van der Waals surface area contributed by atoms with Crippen molar-refractivity contribution in [1.29, 1.82) is 0 Å². The number of piperidine rings is 1. The van der Waals surface area contributed by atoms with Crippen molar-refractivity contribution in [1.82, 2.24) is 10.6 Å². The second-order valence-electron chi connectivity index (χ2n) is 4.59. The highest BCUT2D eigenvalue weighted by Gasteiger charge is 2.23. The Bertz CT molecular complexity index is 456. The smallest absolute Gasteiger partial charge is 0.253 e. The van der Waals surface area contributed by atoms with Crippen molar-refractivity contribution in [2.45, 2.75) is 31.8 Å². The number of hydrogen-bond donors (Lipinski definition) is 2. The Hall–Kier alpha value is -0.290. The monoisotopic (exact) mass is 366 g/mol. The summed E-state index contributed by atoms with van der Waals surface area (Å²) >= 11 is 9.40. The van der Waals surface area contributed by atoms with E-state index < -0.39 is 0 Å². The van der Waals surface area contributed by atoms with Gasteiger partial charge in [0.25, 0.3) is 5.91 Å². The third-order valence-electron chi connectivity index (χ3n) is 3.25. The highest BCUT2D eigenvalue weighted by Crippen LogP contribution is 2.21. The van der Waals surface area contributed by atoms with E-state index in [0.717, 1.165) is 23.9 Å². The van der Waals surface area contributed by atoms with Crippen LogP contribution in [0.25, 0.3) is 0 Å². The minimum atomic E-state index is -0.109. The van der Waals surface area contributed by atoms with E-state index in [2.05, 4.69) is 33.5 Å². The maximum absolute atomic E-state index is 12.2. The van der Waals surface area contributed by atoms with E-state index in [1.54, 1.807) is 12.1 Å². The quantitative estimate of drug-likeness (QED) is 0.841. The van der Waals surface area contributed by atoms with Gasteiger partial charge in [0, 0.05) is 16.6 Å². The molecule has 2 unspecified atom stereocenters. The molecule has 106 valence electrons. The second kappa shape index (κ2) is 7.48. The lowest BCUT2D eigenvalue weighted by Crippen LogP contribution is -2.51. The molecule has 1 fully saturated rings. The Morgan fingerprint density at radius 2 is 2.26 bits per heavy atom. The largest absolute Gasteiger partial charge is 0.348 e. The number of benzene rings is 1. The molecular weight excluding hydrogens is 351 g/mol. The first-order chi connectivity index (χ1) is 8.58. The molecule has 6 heteroatoms. The fraction of sp³-hybridized carbons (Fsp3) is 0.462. The zero-order valence-electron chi connectivity index (χ0n) is 10.6. The molecule has 1 aliphatic heterocycles. The molecule has 1 aromatic rings. The average molecular weight is 368 g/mol. The van der Waals surface area contributed by atoms with E-state index in [4.69, 9.17) is 11.6 Å². The van der Waals surface area contributed by atoms with Crippen molar-refractivity contribution >= 4 is 45.8 Å². The van der Waals surface area contributed by atoms with Crippen molar-refractivity contribution in [2.24, 2.45) is 0 Å². The van der Waals surface area contributed by atoms with Crippen LogP contribution in [-0.2, 0) is 0 Å². The molecule has 3 nitrogen and oxygen atoms in total. The maximum Gasteiger partial charge on any atom is 0.253 e. The normalized spacial score (nSPS) is 22.5. The molecule has 1 amide bonds. The number of carbonyl (C=O) groups is 1. The number of rotatable bonds is 2. The predicted molar refractivity (Wildman–Crippen MR) is 84.4 cm³/mol. The Labute approximate surface area is 133 Å². The highest BCUT2D eigenvalue weighted by molar-refractivity contribution is 9.10. The van der Waals surface area contributed by atoms with Crippen LogP contribution in [0.1, 0.15) is 30.1 Å². The van der Waals surface area contributed by atoms with Gasteiger partial charge in [-0.2, -0.15) is 0 Å². The molecule has 0 radical (unpaired) electrons. The van der Waals surface area contributed by atoms with Crippen LogP contribution < -0.4 is 10.6 Å². The van der Waals surface area contributed by atoms with Crippen LogP contribution in [0.4, 0.5) is 0 Å². The van der Waals surface area contributed by atoms with Gasteiger partial charge < -0.3 is 10.6 Å². The Balaban J connectivity index is 0.00000180. The van der Waals surface area contributed by atoms with Crippen molar-refractivity contribution in [3.05, 3.63) is 33.3 Å². The zero-order chi connectivity index (χ0) is 13.1. The summed E-state index contributed by atoms with van der Waals surface area (Å²) in [5, 5.41) is 6.88. The third kappa shape index (κ3) is 4.35. The molecule has 0 saturated carbocycles. The summed E-state index contributed by atoms with van der Waals surface area (Å²) in [6, 6.07) is 5.76. The van der Waals surface area contributed by atoms with Crippen LogP contribution >= 0.6 is 39.9 Å². The standard InChI is InChI=1S/C13H16BrClN2O.ClH/c1-8-12(3-2-6-16-8)17-13(18)10-7-9(14)4-5-11(10)15;/h4-5,7-8,12,16H,2-3,6H2,1H3,(H,17,18);1H. The number of nitrogens with one attached hydrogen (secondary N) is 2. The van der Waals surface area contributed by atoms with Crippen LogP contribution in [0, 0.1) is 0 Å². The van der Waals surface area contributed by atoms with E-state index in [1.165, 1.54) is 0 Å². The minimum Gasteiger partial charge on any atom is -0.348 e. The van der Waals surface area contributed by atoms with Crippen LogP contribution in [-0.4, -0.2) is 24.5 Å². The number of amides is 1. The summed E-state index contributed by atoms with van der Waals surface area (Å²) < 4.78 is 0.854. The summed E-state index contributed by atoms with van der Waals surface area (Å²) in [6.07, 6.45) is 2.09. The van der Waals surface area contributed by atoms with Gasteiger partial charge in [-0.3, -0.25) is 4.79 Å². The van der Waals surface area contributed by atoms with Crippen LogP contribution in [0.15, 0.2) is 22.7 Å². The van der Waals surface area contributed by atoms with E-state index >= 15 is 0 Å². The van der Waals surface area contributed by atoms with Crippen LogP contribution in [0.3, 0.4) is 0 Å². The van der Waals surface area contributed by atoms with Gasteiger partial charge in [-0.05, 0) is 44.5 Å². The SMILES string of the molecule is CC1NCCCC1NC(=O)c1cc(Br)ccc1Cl.Cl. The summed E-state index contributed by atoms with van der Waals surface area (Å²) in [4.78, 5) is 12.2. The van der Waals surface area contributed by atoms with Gasteiger partial charge in [0.2, 0.25) is 0 Å².